The summed E-state index contributed by atoms with van der Waals surface area (Å²) in [6.07, 6.45) is 1.20. The van der Waals surface area contributed by atoms with Crippen molar-refractivity contribution in [3.63, 3.8) is 0 Å². The molecule has 0 atom stereocenters. The van der Waals surface area contributed by atoms with Crippen LogP contribution in [0.15, 0.2) is 16.8 Å². The Morgan fingerprint density at radius 1 is 1.50 bits per heavy atom. The summed E-state index contributed by atoms with van der Waals surface area (Å²) < 4.78 is 4.93. The molecule has 0 aliphatic heterocycles. The minimum absolute atomic E-state index is 0.0355. The highest BCUT2D eigenvalue weighted by Crippen LogP contribution is 2.18. The van der Waals surface area contributed by atoms with Crippen LogP contribution in [0.2, 0.25) is 0 Å². The van der Waals surface area contributed by atoms with Gasteiger partial charge in [0.2, 0.25) is 5.89 Å². The van der Waals surface area contributed by atoms with Crippen molar-refractivity contribution in [3.8, 4) is 0 Å². The van der Waals surface area contributed by atoms with Gasteiger partial charge in [-0.25, -0.2) is 4.98 Å². The lowest BCUT2D eigenvalue weighted by Crippen LogP contribution is -2.04. The van der Waals surface area contributed by atoms with Crippen LogP contribution < -0.4 is 5.32 Å². The fraction of sp³-hybridized carbons (Fsp3) is 0.300. The van der Waals surface area contributed by atoms with Crippen molar-refractivity contribution < 1.29 is 9.45 Å². The number of nitrogens with zero attached hydrogens (tertiary/aromatic N) is 4. The van der Waals surface area contributed by atoms with Gasteiger partial charge >= 0.3 is 0 Å². The Morgan fingerprint density at radius 3 is 2.83 bits per heavy atom. The number of pyridine rings is 1. The Bertz CT molecular complexity index is 581. The van der Waals surface area contributed by atoms with Gasteiger partial charge in [0.1, 0.15) is 12.0 Å². The highest BCUT2D eigenvalue weighted by Gasteiger charge is 2.10. The molecule has 8 heteroatoms. The molecule has 0 saturated heterocycles. The van der Waals surface area contributed by atoms with Gasteiger partial charge in [-0.3, -0.25) is 10.1 Å². The van der Waals surface area contributed by atoms with E-state index < -0.39 is 4.92 Å². The van der Waals surface area contributed by atoms with Gasteiger partial charge in [0.05, 0.1) is 11.5 Å². The SMILES string of the molecule is Cc1noc(CNc2ncc([N+](=O)[O-])cc2C)n1. The molecule has 2 rings (SSSR count). The van der Waals surface area contributed by atoms with E-state index in [1.165, 1.54) is 12.3 Å². The minimum Gasteiger partial charge on any atom is -0.361 e. The van der Waals surface area contributed by atoms with Gasteiger partial charge in [-0.15, -0.1) is 0 Å². The van der Waals surface area contributed by atoms with Gasteiger partial charge in [-0.2, -0.15) is 4.98 Å². The minimum atomic E-state index is -0.481. The molecule has 0 bridgehead atoms. The van der Waals surface area contributed by atoms with E-state index in [1.807, 2.05) is 0 Å². The largest absolute Gasteiger partial charge is 0.361 e. The molecule has 0 aromatic carbocycles. The molecule has 8 nitrogen and oxygen atoms in total. The number of aromatic nitrogens is 3. The molecule has 0 spiro atoms. The normalized spacial score (nSPS) is 10.3. The van der Waals surface area contributed by atoms with Crippen molar-refractivity contribution in [3.05, 3.63) is 39.7 Å². The quantitative estimate of drug-likeness (QED) is 0.647. The van der Waals surface area contributed by atoms with Crippen LogP contribution >= 0.6 is 0 Å². The smallest absolute Gasteiger partial charge is 0.287 e. The summed E-state index contributed by atoms with van der Waals surface area (Å²) in [4.78, 5) is 18.1. The van der Waals surface area contributed by atoms with Gasteiger partial charge in [0.15, 0.2) is 5.82 Å². The van der Waals surface area contributed by atoms with Crippen LogP contribution in [0.1, 0.15) is 17.3 Å². The van der Waals surface area contributed by atoms with Gasteiger partial charge < -0.3 is 9.84 Å². The molecule has 1 N–H and O–H groups in total. The first-order chi connectivity index (χ1) is 8.56. The van der Waals surface area contributed by atoms with E-state index in [0.717, 1.165) is 0 Å². The molecule has 2 heterocycles. The maximum atomic E-state index is 10.6. The summed E-state index contributed by atoms with van der Waals surface area (Å²) in [6.45, 7) is 3.79. The lowest BCUT2D eigenvalue weighted by Gasteiger charge is -2.05. The zero-order chi connectivity index (χ0) is 13.1. The highest BCUT2D eigenvalue weighted by molar-refractivity contribution is 5.48. The molecule has 0 radical (unpaired) electrons. The second-order valence-corrected chi connectivity index (χ2v) is 3.71. The van der Waals surface area contributed by atoms with Crippen LogP contribution in [0.25, 0.3) is 0 Å². The molecule has 0 saturated carbocycles. The van der Waals surface area contributed by atoms with Crippen molar-refractivity contribution >= 4 is 11.5 Å². The fourth-order valence-corrected chi connectivity index (χ4v) is 1.42. The molecule has 0 amide bonds. The molecule has 0 aliphatic rings. The van der Waals surface area contributed by atoms with Crippen molar-refractivity contribution in [2.24, 2.45) is 0 Å². The van der Waals surface area contributed by atoms with E-state index in [4.69, 9.17) is 4.52 Å². The van der Waals surface area contributed by atoms with Gasteiger partial charge in [-0.05, 0) is 19.4 Å². The Kier molecular flexibility index (Phi) is 3.18. The average molecular weight is 249 g/mol. The fourth-order valence-electron chi connectivity index (χ4n) is 1.42. The zero-order valence-electron chi connectivity index (χ0n) is 9.88. The topological polar surface area (TPSA) is 107 Å². The molecule has 0 fully saturated rings. The van der Waals surface area contributed by atoms with Crippen LogP contribution in [0.3, 0.4) is 0 Å². The second kappa shape index (κ2) is 4.78. The summed E-state index contributed by atoms with van der Waals surface area (Å²) in [5.41, 5.74) is 0.645. The number of rotatable bonds is 4. The second-order valence-electron chi connectivity index (χ2n) is 3.71. The first-order valence-corrected chi connectivity index (χ1v) is 5.20. The highest BCUT2D eigenvalue weighted by atomic mass is 16.6. The summed E-state index contributed by atoms with van der Waals surface area (Å²) in [6, 6.07) is 1.45. The van der Waals surface area contributed by atoms with Crippen molar-refractivity contribution in [1.29, 1.82) is 0 Å². The van der Waals surface area contributed by atoms with Crippen molar-refractivity contribution in [2.75, 3.05) is 5.32 Å². The summed E-state index contributed by atoms with van der Waals surface area (Å²) in [5.74, 6) is 1.55. The van der Waals surface area contributed by atoms with Crippen LogP contribution in [0.4, 0.5) is 11.5 Å². The van der Waals surface area contributed by atoms with Crippen LogP contribution in [0.5, 0.6) is 0 Å². The monoisotopic (exact) mass is 249 g/mol. The standard InChI is InChI=1S/C10H11N5O3/c1-6-3-8(15(16)17)4-11-10(6)12-5-9-13-7(2)14-18-9/h3-4H,5H2,1-2H3,(H,11,12). The van der Waals surface area contributed by atoms with Gasteiger partial charge in [0.25, 0.3) is 5.69 Å². The van der Waals surface area contributed by atoms with Crippen LogP contribution in [0, 0.1) is 24.0 Å². The molecule has 0 unspecified atom stereocenters. The van der Waals surface area contributed by atoms with Crippen molar-refractivity contribution in [1.82, 2.24) is 15.1 Å². The van der Waals surface area contributed by atoms with Crippen LogP contribution in [-0.2, 0) is 6.54 Å². The molecule has 94 valence electrons. The van der Waals surface area contributed by atoms with E-state index in [-0.39, 0.29) is 5.69 Å². The molecular formula is C10H11N5O3. The Balaban J connectivity index is 2.08. The third-order valence-corrected chi connectivity index (χ3v) is 2.25. The molecular weight excluding hydrogens is 238 g/mol. The molecule has 2 aromatic heterocycles. The number of nitrogens with one attached hydrogen (secondary N) is 1. The van der Waals surface area contributed by atoms with Gasteiger partial charge in [0, 0.05) is 6.07 Å². The summed E-state index contributed by atoms with van der Waals surface area (Å²) in [7, 11) is 0. The number of hydrogen-bond donors (Lipinski definition) is 1. The predicted octanol–water partition coefficient (Wildman–Crippen LogP) is 1.60. The zero-order valence-corrected chi connectivity index (χ0v) is 9.88. The maximum Gasteiger partial charge on any atom is 0.287 e. The Labute approximate surface area is 102 Å². The average Bonchev–Trinajstić information content (AvgIpc) is 2.73. The number of hydrogen-bond acceptors (Lipinski definition) is 7. The van der Waals surface area contributed by atoms with E-state index in [0.29, 0.717) is 29.6 Å². The lowest BCUT2D eigenvalue weighted by atomic mass is 10.2. The van der Waals surface area contributed by atoms with Crippen molar-refractivity contribution in [2.45, 2.75) is 20.4 Å². The van der Waals surface area contributed by atoms with E-state index in [2.05, 4.69) is 20.4 Å². The first-order valence-electron chi connectivity index (χ1n) is 5.20. The number of aryl methyl sites for hydroxylation is 2. The molecule has 18 heavy (non-hydrogen) atoms. The lowest BCUT2D eigenvalue weighted by molar-refractivity contribution is -0.385. The van der Waals surface area contributed by atoms with E-state index >= 15 is 0 Å². The third-order valence-electron chi connectivity index (χ3n) is 2.25. The van der Waals surface area contributed by atoms with E-state index in [9.17, 15) is 10.1 Å². The first kappa shape index (κ1) is 12.0. The molecule has 2 aromatic rings. The predicted molar refractivity (Wildman–Crippen MR) is 62.0 cm³/mol. The molecule has 0 aliphatic carbocycles. The van der Waals surface area contributed by atoms with Gasteiger partial charge in [-0.1, -0.05) is 5.16 Å². The Hall–Kier alpha value is -2.51. The third kappa shape index (κ3) is 2.59. The Morgan fingerprint density at radius 2 is 2.28 bits per heavy atom. The van der Waals surface area contributed by atoms with Crippen LogP contribution in [-0.4, -0.2) is 20.0 Å². The number of nitro groups is 1. The summed E-state index contributed by atoms with van der Waals surface area (Å²) >= 11 is 0. The number of anilines is 1. The summed E-state index contributed by atoms with van der Waals surface area (Å²) in [5, 5.41) is 17.2. The maximum absolute atomic E-state index is 10.6. The van der Waals surface area contributed by atoms with E-state index in [1.54, 1.807) is 13.8 Å².